The summed E-state index contributed by atoms with van der Waals surface area (Å²) in [4.78, 5) is 30.4. The van der Waals surface area contributed by atoms with Crippen LogP contribution in [0.1, 0.15) is 29.0 Å². The maximum Gasteiger partial charge on any atom is 0.262 e. The summed E-state index contributed by atoms with van der Waals surface area (Å²) in [5, 5.41) is 8.03. The molecule has 0 aliphatic rings. The Labute approximate surface area is 113 Å². The van der Waals surface area contributed by atoms with Crippen molar-refractivity contribution in [2.45, 2.75) is 13.0 Å². The summed E-state index contributed by atoms with van der Waals surface area (Å²) in [6.45, 7) is 1.97. The van der Waals surface area contributed by atoms with Gasteiger partial charge in [0.05, 0.1) is 5.69 Å². The lowest BCUT2D eigenvalue weighted by atomic mass is 10.2. The topological polar surface area (TPSA) is 86.9 Å². The molecule has 0 radical (unpaired) electrons. The quantitative estimate of drug-likeness (QED) is 0.788. The highest BCUT2D eigenvalue weighted by Crippen LogP contribution is 2.20. The van der Waals surface area contributed by atoms with Gasteiger partial charge < -0.3 is 10.3 Å². The van der Waals surface area contributed by atoms with Crippen LogP contribution in [0.15, 0.2) is 28.6 Å². The van der Waals surface area contributed by atoms with E-state index in [1.54, 1.807) is 0 Å². The van der Waals surface area contributed by atoms with E-state index >= 15 is 0 Å². The van der Waals surface area contributed by atoms with Crippen LogP contribution in [0.3, 0.4) is 0 Å². The van der Waals surface area contributed by atoms with Crippen LogP contribution in [-0.2, 0) is 0 Å². The summed E-state index contributed by atoms with van der Waals surface area (Å²) < 4.78 is 0. The molecule has 2 aromatic rings. The van der Waals surface area contributed by atoms with Crippen LogP contribution in [0, 0.1) is 0 Å². The van der Waals surface area contributed by atoms with E-state index in [9.17, 15) is 9.59 Å². The Morgan fingerprint density at radius 3 is 3.00 bits per heavy atom. The minimum Gasteiger partial charge on any atom is -0.367 e. The number of anilines is 1. The van der Waals surface area contributed by atoms with Gasteiger partial charge in [-0.15, -0.1) is 11.3 Å². The first-order valence-corrected chi connectivity index (χ1v) is 6.61. The van der Waals surface area contributed by atoms with E-state index in [0.717, 1.165) is 5.69 Å². The molecule has 0 spiro atoms. The zero-order chi connectivity index (χ0) is 13.8. The SMILES string of the molecule is CNC(C)c1csc(NC(=O)c2c[nH]ccc2=O)n1. The highest BCUT2D eigenvalue weighted by atomic mass is 32.1. The molecule has 1 atom stereocenters. The smallest absolute Gasteiger partial charge is 0.262 e. The molecule has 0 saturated carbocycles. The van der Waals surface area contributed by atoms with Crippen molar-refractivity contribution in [2.75, 3.05) is 12.4 Å². The Hall–Kier alpha value is -1.99. The van der Waals surface area contributed by atoms with E-state index in [-0.39, 0.29) is 17.0 Å². The molecule has 0 aromatic carbocycles. The maximum atomic E-state index is 11.9. The van der Waals surface area contributed by atoms with Gasteiger partial charge in [0.25, 0.3) is 5.91 Å². The summed E-state index contributed by atoms with van der Waals surface area (Å²) in [5.41, 5.74) is 0.599. The van der Waals surface area contributed by atoms with Gasteiger partial charge in [0.15, 0.2) is 10.6 Å². The van der Waals surface area contributed by atoms with Crippen molar-refractivity contribution >= 4 is 22.4 Å². The third-order valence-corrected chi connectivity index (χ3v) is 3.46. The van der Waals surface area contributed by atoms with Gasteiger partial charge in [-0.25, -0.2) is 4.98 Å². The van der Waals surface area contributed by atoms with E-state index in [4.69, 9.17) is 0 Å². The predicted molar refractivity (Wildman–Crippen MR) is 74.6 cm³/mol. The van der Waals surface area contributed by atoms with Crippen molar-refractivity contribution in [3.8, 4) is 0 Å². The molecule has 19 heavy (non-hydrogen) atoms. The molecule has 6 nitrogen and oxygen atoms in total. The molecule has 1 unspecified atom stereocenters. The summed E-state index contributed by atoms with van der Waals surface area (Å²) in [6, 6.07) is 1.42. The molecule has 0 aliphatic heterocycles. The molecule has 2 heterocycles. The van der Waals surface area contributed by atoms with Crippen LogP contribution < -0.4 is 16.1 Å². The van der Waals surface area contributed by atoms with Crippen LogP contribution in [0.5, 0.6) is 0 Å². The molecule has 3 N–H and O–H groups in total. The number of pyridine rings is 1. The van der Waals surface area contributed by atoms with Crippen LogP contribution in [0.2, 0.25) is 0 Å². The molecule has 2 rings (SSSR count). The van der Waals surface area contributed by atoms with Crippen LogP contribution in [-0.4, -0.2) is 22.9 Å². The first-order chi connectivity index (χ1) is 9.11. The predicted octanol–water partition coefficient (Wildman–Crippen LogP) is 1.36. The van der Waals surface area contributed by atoms with Crippen molar-refractivity contribution in [2.24, 2.45) is 0 Å². The van der Waals surface area contributed by atoms with Crippen molar-refractivity contribution in [1.82, 2.24) is 15.3 Å². The van der Waals surface area contributed by atoms with Gasteiger partial charge in [0.2, 0.25) is 0 Å². The zero-order valence-electron chi connectivity index (χ0n) is 10.6. The number of carbonyl (C=O) groups excluding carboxylic acids is 1. The largest absolute Gasteiger partial charge is 0.367 e. The number of rotatable bonds is 4. The van der Waals surface area contributed by atoms with Crippen molar-refractivity contribution in [3.05, 3.63) is 45.3 Å². The number of nitrogens with zero attached hydrogens (tertiary/aromatic N) is 1. The second-order valence-electron chi connectivity index (χ2n) is 3.96. The second-order valence-corrected chi connectivity index (χ2v) is 4.82. The van der Waals surface area contributed by atoms with Crippen molar-refractivity contribution in [3.63, 3.8) is 0 Å². The summed E-state index contributed by atoms with van der Waals surface area (Å²) in [7, 11) is 1.84. The Morgan fingerprint density at radius 2 is 2.32 bits per heavy atom. The lowest BCUT2D eigenvalue weighted by Crippen LogP contribution is -2.21. The zero-order valence-corrected chi connectivity index (χ0v) is 11.4. The van der Waals surface area contributed by atoms with E-state index < -0.39 is 5.91 Å². The lowest BCUT2D eigenvalue weighted by Gasteiger charge is -2.05. The van der Waals surface area contributed by atoms with Gasteiger partial charge in [-0.05, 0) is 14.0 Å². The number of H-pyrrole nitrogens is 1. The van der Waals surface area contributed by atoms with E-state index in [1.165, 1.54) is 29.8 Å². The molecule has 0 bridgehead atoms. The van der Waals surface area contributed by atoms with Gasteiger partial charge in [-0.2, -0.15) is 0 Å². The first kappa shape index (κ1) is 13.4. The standard InChI is InChI=1S/C12H14N4O2S/c1-7(13-2)9-6-19-12(15-9)16-11(18)8-5-14-4-3-10(8)17/h3-7,13H,1-2H3,(H,14,17)(H,15,16,18). The minimum atomic E-state index is -0.458. The van der Waals surface area contributed by atoms with Gasteiger partial charge in [-0.3, -0.25) is 14.9 Å². The maximum absolute atomic E-state index is 11.9. The monoisotopic (exact) mass is 278 g/mol. The Bertz CT molecular complexity index is 634. The van der Waals surface area contributed by atoms with Gasteiger partial charge >= 0.3 is 0 Å². The second kappa shape index (κ2) is 5.77. The number of thiazole rings is 1. The average molecular weight is 278 g/mol. The minimum absolute atomic E-state index is 0.0703. The van der Waals surface area contributed by atoms with Crippen LogP contribution in [0.4, 0.5) is 5.13 Å². The molecular weight excluding hydrogens is 264 g/mol. The molecule has 1 amide bonds. The number of hydrogen-bond acceptors (Lipinski definition) is 5. The fourth-order valence-electron chi connectivity index (χ4n) is 1.45. The lowest BCUT2D eigenvalue weighted by molar-refractivity contribution is 0.102. The van der Waals surface area contributed by atoms with Gasteiger partial charge in [-0.1, -0.05) is 0 Å². The molecule has 0 saturated heterocycles. The fraction of sp³-hybridized carbons (Fsp3) is 0.250. The Balaban J connectivity index is 2.14. The molecule has 2 aromatic heterocycles. The van der Waals surface area contributed by atoms with Gasteiger partial charge in [0.1, 0.15) is 5.56 Å². The number of aromatic nitrogens is 2. The van der Waals surface area contributed by atoms with E-state index in [2.05, 4.69) is 20.6 Å². The van der Waals surface area contributed by atoms with E-state index in [1.807, 2.05) is 19.4 Å². The number of carbonyl (C=O) groups is 1. The Morgan fingerprint density at radius 1 is 1.53 bits per heavy atom. The van der Waals surface area contributed by atoms with Crippen LogP contribution >= 0.6 is 11.3 Å². The highest BCUT2D eigenvalue weighted by molar-refractivity contribution is 7.14. The molecule has 0 aliphatic carbocycles. The summed E-state index contributed by atoms with van der Waals surface area (Å²) in [6.07, 6.45) is 2.86. The number of hydrogen-bond donors (Lipinski definition) is 3. The first-order valence-electron chi connectivity index (χ1n) is 5.73. The normalized spacial score (nSPS) is 12.1. The van der Waals surface area contributed by atoms with Gasteiger partial charge in [0, 0.05) is 29.9 Å². The summed E-state index contributed by atoms with van der Waals surface area (Å²) in [5.74, 6) is -0.458. The molecule has 0 fully saturated rings. The molecule has 7 heteroatoms. The summed E-state index contributed by atoms with van der Waals surface area (Å²) >= 11 is 1.33. The number of nitrogens with one attached hydrogen (secondary N) is 3. The van der Waals surface area contributed by atoms with E-state index in [0.29, 0.717) is 5.13 Å². The Kier molecular flexibility index (Phi) is 4.08. The third-order valence-electron chi connectivity index (χ3n) is 2.69. The number of amides is 1. The third kappa shape index (κ3) is 3.07. The van der Waals surface area contributed by atoms with Crippen molar-refractivity contribution in [1.29, 1.82) is 0 Å². The fourth-order valence-corrected chi connectivity index (χ4v) is 2.25. The average Bonchev–Trinajstić information content (AvgIpc) is 2.86. The molecular formula is C12H14N4O2S. The number of aromatic amines is 1. The van der Waals surface area contributed by atoms with Crippen LogP contribution in [0.25, 0.3) is 0 Å². The van der Waals surface area contributed by atoms with Crippen molar-refractivity contribution < 1.29 is 4.79 Å². The highest BCUT2D eigenvalue weighted by Gasteiger charge is 2.13. The molecule has 100 valence electrons.